The van der Waals surface area contributed by atoms with E-state index >= 15 is 0 Å². The van der Waals surface area contributed by atoms with Crippen molar-refractivity contribution < 1.29 is 62.0 Å². The molecule has 6 atom stereocenters. The zero-order chi connectivity index (χ0) is 38.9. The van der Waals surface area contributed by atoms with Gasteiger partial charge in [-0.2, -0.15) is 0 Å². The summed E-state index contributed by atoms with van der Waals surface area (Å²) in [5, 5.41) is 12.3. The Hall–Kier alpha value is -6.04. The van der Waals surface area contributed by atoms with Gasteiger partial charge in [0.1, 0.15) is 31.4 Å². The maximum absolute atomic E-state index is 13.1. The van der Waals surface area contributed by atoms with Gasteiger partial charge in [-0.25, -0.2) is 4.79 Å². The molecule has 0 aromatic heterocycles. The molecule has 0 spiro atoms. The average Bonchev–Trinajstić information content (AvgIpc) is 3.10. The minimum absolute atomic E-state index is 0.0295. The lowest BCUT2D eigenvalue weighted by Gasteiger charge is -2.45. The Kier molecular flexibility index (Phi) is 16.2. The highest BCUT2D eigenvalue weighted by atomic mass is 16.6. The second kappa shape index (κ2) is 20.7. The molecular weight excluding hydrogens is 698 g/mol. The van der Waals surface area contributed by atoms with E-state index in [1.807, 2.05) is 6.07 Å². The summed E-state index contributed by atoms with van der Waals surface area (Å²) in [6.07, 6.45) is -6.24. The topological polar surface area (TPSA) is 243 Å². The Balaban J connectivity index is 1.63. The molecule has 286 valence electrons. The van der Waals surface area contributed by atoms with Crippen molar-refractivity contribution in [2.45, 2.75) is 77.3 Å². The minimum Gasteiger partial charge on any atom is -0.463 e. The quantitative estimate of drug-likeness (QED) is 0.108. The Labute approximate surface area is 304 Å². The van der Waals surface area contributed by atoms with E-state index in [9.17, 15) is 38.4 Å². The third kappa shape index (κ3) is 14.6. The third-order valence-corrected chi connectivity index (χ3v) is 7.39. The molecule has 53 heavy (non-hydrogen) atoms. The maximum Gasteiger partial charge on any atom is 0.408 e. The molecule has 1 fully saturated rings. The highest BCUT2D eigenvalue weighted by Gasteiger charge is 2.51. The largest absolute Gasteiger partial charge is 0.463 e. The molecule has 18 nitrogen and oxygen atoms in total. The molecule has 5 amide bonds. The number of amides is 5. The number of rotatable bonds is 16. The molecule has 0 saturated carbocycles. The third-order valence-electron chi connectivity index (χ3n) is 7.39. The highest BCUT2D eigenvalue weighted by molar-refractivity contribution is 5.91. The van der Waals surface area contributed by atoms with E-state index < -0.39 is 104 Å². The Morgan fingerprint density at radius 2 is 1.26 bits per heavy atom. The summed E-state index contributed by atoms with van der Waals surface area (Å²) < 4.78 is 26.9. The smallest absolute Gasteiger partial charge is 0.408 e. The monoisotopic (exact) mass is 741 g/mol. The number of nitrogens with one attached hydrogen (secondary N) is 5. The van der Waals surface area contributed by atoms with Crippen molar-refractivity contribution in [3.8, 4) is 0 Å². The molecule has 3 rings (SSSR count). The fourth-order valence-electron chi connectivity index (χ4n) is 5.16. The van der Waals surface area contributed by atoms with Crippen molar-refractivity contribution in [3.63, 3.8) is 0 Å². The van der Waals surface area contributed by atoms with Crippen molar-refractivity contribution in [2.24, 2.45) is 0 Å². The molecule has 18 heteroatoms. The Morgan fingerprint density at radius 3 is 1.85 bits per heavy atom. The van der Waals surface area contributed by atoms with Gasteiger partial charge in [-0.15, -0.1) is 0 Å². The molecule has 2 aromatic carbocycles. The first kappa shape index (κ1) is 41.4. The van der Waals surface area contributed by atoms with Gasteiger partial charge in [-0.05, 0) is 11.1 Å². The van der Waals surface area contributed by atoms with Gasteiger partial charge in [0.05, 0.1) is 13.1 Å². The minimum atomic E-state index is -1.44. The van der Waals surface area contributed by atoms with Crippen LogP contribution in [-0.2, 0) is 70.3 Å². The van der Waals surface area contributed by atoms with E-state index in [0.29, 0.717) is 0 Å². The van der Waals surface area contributed by atoms with Crippen LogP contribution in [-0.4, -0.2) is 104 Å². The first-order valence-electron chi connectivity index (χ1n) is 16.5. The number of benzene rings is 2. The fourth-order valence-corrected chi connectivity index (χ4v) is 5.16. The van der Waals surface area contributed by atoms with E-state index in [1.54, 1.807) is 54.6 Å². The molecule has 0 radical (unpaired) electrons. The lowest BCUT2D eigenvalue weighted by atomic mass is 9.95. The predicted molar refractivity (Wildman–Crippen MR) is 182 cm³/mol. The van der Waals surface area contributed by atoms with Crippen LogP contribution in [0.3, 0.4) is 0 Å². The van der Waals surface area contributed by atoms with Crippen molar-refractivity contribution in [2.75, 3.05) is 19.7 Å². The number of hydrogen-bond donors (Lipinski definition) is 5. The van der Waals surface area contributed by atoms with E-state index in [0.717, 1.165) is 38.8 Å². The number of carbonyl (C=O) groups excluding carboxylic acids is 8. The van der Waals surface area contributed by atoms with Gasteiger partial charge in [0.25, 0.3) is 0 Å². The van der Waals surface area contributed by atoms with Gasteiger partial charge in [-0.1, -0.05) is 60.7 Å². The molecule has 1 heterocycles. The second-order valence-electron chi connectivity index (χ2n) is 11.8. The van der Waals surface area contributed by atoms with E-state index in [-0.39, 0.29) is 13.0 Å². The van der Waals surface area contributed by atoms with Crippen molar-refractivity contribution in [1.29, 1.82) is 0 Å². The van der Waals surface area contributed by atoms with Crippen LogP contribution in [0, 0.1) is 0 Å². The first-order valence-corrected chi connectivity index (χ1v) is 16.5. The molecule has 0 bridgehead atoms. The molecule has 1 saturated heterocycles. The Bertz CT molecular complexity index is 1610. The molecule has 0 aliphatic carbocycles. The number of carbonyl (C=O) groups is 8. The molecule has 0 unspecified atom stereocenters. The van der Waals surface area contributed by atoms with Crippen LogP contribution in [0.25, 0.3) is 0 Å². The van der Waals surface area contributed by atoms with E-state index in [1.165, 1.54) is 0 Å². The predicted octanol–water partition coefficient (Wildman–Crippen LogP) is -0.471. The number of esters is 3. The highest BCUT2D eigenvalue weighted by Crippen LogP contribution is 2.26. The van der Waals surface area contributed by atoms with Crippen molar-refractivity contribution >= 4 is 47.6 Å². The van der Waals surface area contributed by atoms with Crippen LogP contribution in [0.15, 0.2) is 60.7 Å². The van der Waals surface area contributed by atoms with Gasteiger partial charge in [0.15, 0.2) is 18.4 Å². The fraction of sp³-hybridized carbons (Fsp3) is 0.429. The molecule has 5 N–H and O–H groups in total. The van der Waals surface area contributed by atoms with E-state index in [4.69, 9.17) is 23.7 Å². The van der Waals surface area contributed by atoms with Gasteiger partial charge in [0, 0.05) is 34.1 Å². The number of ether oxygens (including phenoxy) is 5. The van der Waals surface area contributed by atoms with Gasteiger partial charge in [0.2, 0.25) is 23.6 Å². The first-order chi connectivity index (χ1) is 25.2. The van der Waals surface area contributed by atoms with Crippen LogP contribution in [0.4, 0.5) is 4.79 Å². The summed E-state index contributed by atoms with van der Waals surface area (Å²) in [7, 11) is 0. The Morgan fingerprint density at radius 1 is 0.679 bits per heavy atom. The van der Waals surface area contributed by atoms with Crippen LogP contribution >= 0.6 is 0 Å². The normalized spacial score (nSPS) is 19.6. The SMILES string of the molecule is CC(=O)N[C@@H]1[C@@H](OC(C)=O)[C@H](OC(C)=O)[C@@H](COC(C)=O)O[C@H]1NC(=O)CNC(=O)CNC(=O)[C@H](Cc1ccccc1)NC(=O)OCc1ccccc1. The standard InChI is InChI=1S/C35H43N5O13/c1-20(41)38-30-32(52-23(4)44)31(51-22(3)43)27(19-49-21(2)42)53-34(30)40-29(46)17-36-28(45)16-37-33(47)26(15-24-11-7-5-8-12-24)39-35(48)50-18-25-13-9-6-10-14-25/h5-14,26-27,30-32,34H,15-19H2,1-4H3,(H,36,45)(H,37,47)(H,38,41)(H,39,48)(H,40,46)/t26-,27+,30+,31+,32+,34+/m0/s1. The van der Waals surface area contributed by atoms with Crippen molar-refractivity contribution in [1.82, 2.24) is 26.6 Å². The molecule has 1 aliphatic rings. The summed E-state index contributed by atoms with van der Waals surface area (Å²) in [5.74, 6) is -5.26. The average molecular weight is 742 g/mol. The molecular formula is C35H43N5O13. The van der Waals surface area contributed by atoms with E-state index in [2.05, 4.69) is 26.6 Å². The zero-order valence-corrected chi connectivity index (χ0v) is 29.6. The molecule has 1 aliphatic heterocycles. The summed E-state index contributed by atoms with van der Waals surface area (Å²) in [6.45, 7) is 2.71. The summed E-state index contributed by atoms with van der Waals surface area (Å²) in [5.41, 5.74) is 1.47. The number of hydrogen-bond acceptors (Lipinski definition) is 13. The van der Waals surface area contributed by atoms with Crippen LogP contribution in [0.1, 0.15) is 38.8 Å². The van der Waals surface area contributed by atoms with Crippen LogP contribution in [0.2, 0.25) is 0 Å². The number of alkyl carbamates (subject to hydrolysis) is 1. The molecule has 2 aromatic rings. The zero-order valence-electron chi connectivity index (χ0n) is 29.6. The van der Waals surface area contributed by atoms with Crippen molar-refractivity contribution in [3.05, 3.63) is 71.8 Å². The lowest BCUT2D eigenvalue weighted by molar-refractivity contribution is -0.227. The second-order valence-corrected chi connectivity index (χ2v) is 11.8. The van der Waals surface area contributed by atoms with Gasteiger partial charge < -0.3 is 50.3 Å². The maximum atomic E-state index is 13.1. The summed E-state index contributed by atoms with van der Waals surface area (Å²) >= 11 is 0. The van der Waals surface area contributed by atoms with Gasteiger partial charge in [-0.3, -0.25) is 33.6 Å². The van der Waals surface area contributed by atoms with Gasteiger partial charge >= 0.3 is 24.0 Å². The summed E-state index contributed by atoms with van der Waals surface area (Å²) in [4.78, 5) is 99.0. The summed E-state index contributed by atoms with van der Waals surface area (Å²) in [6, 6.07) is 15.4. The van der Waals surface area contributed by atoms with Crippen LogP contribution < -0.4 is 26.6 Å². The van der Waals surface area contributed by atoms with Crippen LogP contribution in [0.5, 0.6) is 0 Å². The lowest BCUT2D eigenvalue weighted by Crippen LogP contribution is -2.70.